The van der Waals surface area contributed by atoms with Crippen LogP contribution in [0.2, 0.25) is 0 Å². The predicted molar refractivity (Wildman–Crippen MR) is 103 cm³/mol. The van der Waals surface area contributed by atoms with Gasteiger partial charge in [-0.05, 0) is 31.4 Å². The molecule has 1 aliphatic rings. The molecule has 0 spiro atoms. The van der Waals surface area contributed by atoms with E-state index in [4.69, 9.17) is 10.5 Å². The lowest BCUT2D eigenvalue weighted by molar-refractivity contribution is -0.128. The fourth-order valence-corrected chi connectivity index (χ4v) is 3.48. The number of carbonyl (C=O) groups excluding carboxylic acids is 2. The number of nitrogens with two attached hydrogens (primary N) is 1. The molecular formula is C19H26N6O3. The van der Waals surface area contributed by atoms with Crippen LogP contribution in [0.1, 0.15) is 35.2 Å². The van der Waals surface area contributed by atoms with Crippen LogP contribution in [-0.4, -0.2) is 45.8 Å². The van der Waals surface area contributed by atoms with Gasteiger partial charge in [-0.25, -0.2) is 4.98 Å². The van der Waals surface area contributed by atoms with E-state index in [9.17, 15) is 9.59 Å². The number of aryl methyl sites for hydroxylation is 1. The molecule has 2 heterocycles. The number of pyridine rings is 1. The number of carbonyl (C=O) groups is 2. The maximum Gasteiger partial charge on any atom is 0.253 e. The van der Waals surface area contributed by atoms with E-state index >= 15 is 0 Å². The Morgan fingerprint density at radius 3 is 2.79 bits per heavy atom. The molecule has 2 aromatic heterocycles. The zero-order valence-corrected chi connectivity index (χ0v) is 16.1. The number of nitrogens with one attached hydrogen (secondary N) is 2. The minimum absolute atomic E-state index is 0.00147. The van der Waals surface area contributed by atoms with Gasteiger partial charge >= 0.3 is 0 Å². The molecule has 0 aromatic carbocycles. The van der Waals surface area contributed by atoms with E-state index in [1.165, 1.54) is 6.20 Å². The Kier molecular flexibility index (Phi) is 6.25. The molecule has 1 aliphatic carbocycles. The normalized spacial score (nSPS) is 21.9. The molecule has 4 N–H and O–H groups in total. The number of hydrogen-bond donors (Lipinski definition) is 3. The van der Waals surface area contributed by atoms with Crippen LogP contribution in [0.4, 0.5) is 5.82 Å². The largest absolute Gasteiger partial charge is 0.384 e. The topological polar surface area (TPSA) is 124 Å². The highest BCUT2D eigenvalue weighted by Crippen LogP contribution is 2.27. The third-order valence-electron chi connectivity index (χ3n) is 5.06. The van der Waals surface area contributed by atoms with Crippen LogP contribution in [0.5, 0.6) is 0 Å². The first-order valence-electron chi connectivity index (χ1n) is 9.26. The molecule has 3 atom stereocenters. The molecule has 1 fully saturated rings. The van der Waals surface area contributed by atoms with E-state index in [2.05, 4.69) is 20.7 Å². The summed E-state index contributed by atoms with van der Waals surface area (Å²) in [6.45, 7) is 0.450. The number of rotatable bonds is 6. The molecule has 150 valence electrons. The molecule has 3 rings (SSSR count). The lowest BCUT2D eigenvalue weighted by atomic mass is 9.83. The Morgan fingerprint density at radius 1 is 1.32 bits per heavy atom. The van der Waals surface area contributed by atoms with E-state index in [0.717, 1.165) is 5.56 Å². The van der Waals surface area contributed by atoms with Gasteiger partial charge in [0.2, 0.25) is 5.91 Å². The van der Waals surface area contributed by atoms with Crippen molar-refractivity contribution in [1.29, 1.82) is 0 Å². The van der Waals surface area contributed by atoms with Crippen LogP contribution in [-0.2, 0) is 23.1 Å². The summed E-state index contributed by atoms with van der Waals surface area (Å²) in [6, 6.07) is 3.07. The first-order chi connectivity index (χ1) is 13.5. The Bertz CT molecular complexity index is 819. The van der Waals surface area contributed by atoms with E-state index in [1.807, 2.05) is 13.2 Å². The second-order valence-corrected chi connectivity index (χ2v) is 7.08. The number of nitrogen functional groups attached to an aromatic ring is 1. The van der Waals surface area contributed by atoms with Crippen molar-refractivity contribution >= 4 is 17.6 Å². The van der Waals surface area contributed by atoms with Gasteiger partial charge in [-0.3, -0.25) is 14.3 Å². The smallest absolute Gasteiger partial charge is 0.253 e. The molecule has 9 heteroatoms. The minimum Gasteiger partial charge on any atom is -0.384 e. The van der Waals surface area contributed by atoms with Crippen LogP contribution in [0, 0.1) is 5.92 Å². The predicted octanol–water partition coefficient (Wildman–Crippen LogP) is 0.627. The van der Waals surface area contributed by atoms with Gasteiger partial charge in [0.15, 0.2) is 0 Å². The maximum atomic E-state index is 12.5. The zero-order valence-electron chi connectivity index (χ0n) is 16.1. The summed E-state index contributed by atoms with van der Waals surface area (Å²) >= 11 is 0. The van der Waals surface area contributed by atoms with Crippen molar-refractivity contribution in [2.45, 2.75) is 38.0 Å². The SMILES string of the molecule is CO[C@@H]1C[C@@H](C(=O)NCc2cnn(C)c2)CC[C@H]1NC(=O)c1ccc(N)nc1. The van der Waals surface area contributed by atoms with Crippen molar-refractivity contribution in [1.82, 2.24) is 25.4 Å². The fraction of sp³-hybridized carbons (Fsp3) is 0.474. The van der Waals surface area contributed by atoms with Crippen LogP contribution in [0.3, 0.4) is 0 Å². The first-order valence-corrected chi connectivity index (χ1v) is 9.26. The summed E-state index contributed by atoms with van der Waals surface area (Å²) < 4.78 is 7.26. The molecule has 28 heavy (non-hydrogen) atoms. The van der Waals surface area contributed by atoms with Crippen LogP contribution in [0.15, 0.2) is 30.7 Å². The highest BCUT2D eigenvalue weighted by atomic mass is 16.5. The monoisotopic (exact) mass is 386 g/mol. The van der Waals surface area contributed by atoms with Gasteiger partial charge in [-0.15, -0.1) is 0 Å². The molecule has 0 saturated heterocycles. The number of hydrogen-bond acceptors (Lipinski definition) is 6. The zero-order chi connectivity index (χ0) is 20.1. The van der Waals surface area contributed by atoms with E-state index in [-0.39, 0.29) is 29.9 Å². The van der Waals surface area contributed by atoms with E-state index in [1.54, 1.807) is 30.1 Å². The Labute approximate surface area is 163 Å². The van der Waals surface area contributed by atoms with Crippen LogP contribution in [0.25, 0.3) is 0 Å². The van der Waals surface area contributed by atoms with Gasteiger partial charge < -0.3 is 21.1 Å². The quantitative estimate of drug-likeness (QED) is 0.669. The third kappa shape index (κ3) is 4.86. The molecule has 0 unspecified atom stereocenters. The van der Waals surface area contributed by atoms with Gasteiger partial charge in [0.25, 0.3) is 5.91 Å². The van der Waals surface area contributed by atoms with Gasteiger partial charge in [0.1, 0.15) is 5.82 Å². The number of nitrogens with zero attached hydrogens (tertiary/aromatic N) is 3. The fourth-order valence-electron chi connectivity index (χ4n) is 3.48. The lowest BCUT2D eigenvalue weighted by Gasteiger charge is -2.35. The highest BCUT2D eigenvalue weighted by molar-refractivity contribution is 5.94. The maximum absolute atomic E-state index is 12.5. The highest BCUT2D eigenvalue weighted by Gasteiger charge is 2.35. The van der Waals surface area contributed by atoms with Crippen molar-refractivity contribution < 1.29 is 14.3 Å². The van der Waals surface area contributed by atoms with Crippen molar-refractivity contribution in [3.05, 3.63) is 41.9 Å². The molecule has 2 amide bonds. The Hall–Kier alpha value is -2.94. The lowest BCUT2D eigenvalue weighted by Crippen LogP contribution is -2.49. The first kappa shape index (κ1) is 19.8. The number of methoxy groups -OCH3 is 1. The minimum atomic E-state index is -0.228. The van der Waals surface area contributed by atoms with E-state index in [0.29, 0.717) is 37.2 Å². The Morgan fingerprint density at radius 2 is 2.14 bits per heavy atom. The molecule has 0 radical (unpaired) electrons. The summed E-state index contributed by atoms with van der Waals surface area (Å²) in [4.78, 5) is 28.9. The molecular weight excluding hydrogens is 360 g/mol. The summed E-state index contributed by atoms with van der Waals surface area (Å²) in [5, 5.41) is 10.0. The summed E-state index contributed by atoms with van der Waals surface area (Å²) in [5.74, 6) is -0.00507. The second-order valence-electron chi connectivity index (χ2n) is 7.08. The summed E-state index contributed by atoms with van der Waals surface area (Å²) in [7, 11) is 3.44. The number of amides is 2. The molecule has 9 nitrogen and oxygen atoms in total. The van der Waals surface area contributed by atoms with Crippen molar-refractivity contribution in [2.75, 3.05) is 12.8 Å². The molecule has 0 aliphatic heterocycles. The standard InChI is InChI=1S/C19H26N6O3/c1-25-11-12(9-23-25)8-22-18(26)13-3-5-15(16(7-13)28-2)24-19(27)14-4-6-17(20)21-10-14/h4,6,9-11,13,15-16H,3,5,7-8H2,1-2H3,(H2,20,21)(H,22,26)(H,24,27)/t13-,15+,16+/m0/s1. The van der Waals surface area contributed by atoms with Crippen LogP contribution >= 0.6 is 0 Å². The Balaban J connectivity index is 1.53. The van der Waals surface area contributed by atoms with Gasteiger partial charge in [-0.2, -0.15) is 5.10 Å². The molecule has 1 saturated carbocycles. The van der Waals surface area contributed by atoms with Crippen molar-refractivity contribution in [3.63, 3.8) is 0 Å². The summed E-state index contributed by atoms with van der Waals surface area (Å²) in [6.07, 6.45) is 6.73. The summed E-state index contributed by atoms with van der Waals surface area (Å²) in [5.41, 5.74) is 6.96. The van der Waals surface area contributed by atoms with Gasteiger partial charge in [0, 0.05) is 44.6 Å². The average molecular weight is 386 g/mol. The number of anilines is 1. The van der Waals surface area contributed by atoms with Gasteiger partial charge in [-0.1, -0.05) is 0 Å². The van der Waals surface area contributed by atoms with Crippen molar-refractivity contribution in [3.8, 4) is 0 Å². The number of aromatic nitrogens is 3. The molecule has 2 aromatic rings. The van der Waals surface area contributed by atoms with Gasteiger partial charge in [0.05, 0.1) is 23.9 Å². The second kappa shape index (κ2) is 8.83. The number of ether oxygens (including phenoxy) is 1. The van der Waals surface area contributed by atoms with Crippen LogP contribution < -0.4 is 16.4 Å². The van der Waals surface area contributed by atoms with E-state index < -0.39 is 0 Å². The third-order valence-corrected chi connectivity index (χ3v) is 5.06. The average Bonchev–Trinajstić information content (AvgIpc) is 3.12. The molecule has 0 bridgehead atoms. The van der Waals surface area contributed by atoms with Crippen molar-refractivity contribution in [2.24, 2.45) is 13.0 Å².